The molecule has 0 aliphatic carbocycles. The second-order valence-corrected chi connectivity index (χ2v) is 12.5. The molecule has 0 aliphatic rings. The summed E-state index contributed by atoms with van der Waals surface area (Å²) in [7, 11) is 0. The molecule has 5 aromatic rings. The number of hydrogen-bond donors (Lipinski definition) is 0. The number of hydrogen-bond acceptors (Lipinski definition) is 6. The smallest absolute Gasteiger partial charge is 0.420 e. The predicted molar refractivity (Wildman–Crippen MR) is 178 cm³/mol. The number of carbonyl (C=O) groups excluding carboxylic acids is 1. The van der Waals surface area contributed by atoms with Gasteiger partial charge < -0.3 is 14.0 Å². The number of carbonyl (C=O) groups is 1. The van der Waals surface area contributed by atoms with Crippen LogP contribution in [0.15, 0.2) is 94.9 Å². The molecule has 0 saturated heterocycles. The lowest BCUT2D eigenvalue weighted by Crippen LogP contribution is -2.32. The van der Waals surface area contributed by atoms with Gasteiger partial charge in [0.25, 0.3) is 5.56 Å². The fourth-order valence-electron chi connectivity index (χ4n) is 4.41. The molecule has 1 amide bonds. The topological polar surface area (TPSA) is 73.7 Å². The molecule has 0 bridgehead atoms. The zero-order valence-electron chi connectivity index (χ0n) is 27.0. The van der Waals surface area contributed by atoms with Gasteiger partial charge in [-0.05, 0) is 87.7 Å². The maximum atomic E-state index is 14.3. The van der Waals surface area contributed by atoms with E-state index in [0.29, 0.717) is 29.1 Å². The number of ether oxygens (including phenoxy) is 2. The van der Waals surface area contributed by atoms with Crippen molar-refractivity contribution >= 4 is 28.9 Å². The highest BCUT2D eigenvalue weighted by Crippen LogP contribution is 2.29. The van der Waals surface area contributed by atoms with Gasteiger partial charge in [-0.1, -0.05) is 43.7 Å². The third-order valence-electron chi connectivity index (χ3n) is 6.58. The van der Waals surface area contributed by atoms with E-state index in [4.69, 9.17) is 9.47 Å². The zero-order chi connectivity index (χ0) is 34.3. The zero-order valence-corrected chi connectivity index (χ0v) is 27.8. The summed E-state index contributed by atoms with van der Waals surface area (Å²) >= 11 is 1.29. The monoisotopic (exact) mass is 663 g/mol. The molecule has 7 nitrogen and oxygen atoms in total. The molecule has 0 saturated carbocycles. The first-order valence-electron chi connectivity index (χ1n) is 15.0. The number of benzene rings is 4. The Hall–Kier alpha value is -4.77. The minimum atomic E-state index is -1.04. The minimum Gasteiger partial charge on any atom is -0.457 e. The van der Waals surface area contributed by atoms with Crippen molar-refractivity contribution in [2.75, 3.05) is 0 Å². The first-order valence-corrected chi connectivity index (χ1v) is 15.8. The largest absolute Gasteiger partial charge is 0.457 e. The van der Waals surface area contributed by atoms with Crippen molar-refractivity contribution in [2.24, 2.45) is 0 Å². The first kappa shape index (κ1) is 35.1. The Morgan fingerprint density at radius 2 is 1.51 bits per heavy atom. The maximum absolute atomic E-state index is 14.3. The van der Waals surface area contributed by atoms with Gasteiger partial charge in [0.1, 0.15) is 34.6 Å². The van der Waals surface area contributed by atoms with Gasteiger partial charge in [-0.15, -0.1) is 0 Å². The van der Waals surface area contributed by atoms with E-state index in [-0.39, 0.29) is 24.0 Å². The van der Waals surface area contributed by atoms with Crippen LogP contribution in [0.5, 0.6) is 11.5 Å². The molecule has 0 N–H and O–H groups in total. The summed E-state index contributed by atoms with van der Waals surface area (Å²) in [6, 6.07) is 20.9. The van der Waals surface area contributed by atoms with Crippen LogP contribution in [0.25, 0.3) is 10.9 Å². The van der Waals surface area contributed by atoms with Gasteiger partial charge in [-0.3, -0.25) is 4.79 Å². The molecule has 11 heteroatoms. The Morgan fingerprint density at radius 1 is 0.894 bits per heavy atom. The van der Waals surface area contributed by atoms with Gasteiger partial charge in [0.2, 0.25) is 0 Å². The summed E-state index contributed by atoms with van der Waals surface area (Å²) in [5, 5.41) is 0.177. The summed E-state index contributed by atoms with van der Waals surface area (Å²) in [4.78, 5) is 30.3. The highest BCUT2D eigenvalue weighted by Gasteiger charge is 2.24. The van der Waals surface area contributed by atoms with Gasteiger partial charge in [0.15, 0.2) is 0 Å². The molecule has 0 spiro atoms. The lowest BCUT2D eigenvalue weighted by atomic mass is 10.1. The molecule has 0 radical (unpaired) electrons. The van der Waals surface area contributed by atoms with Crippen molar-refractivity contribution in [1.82, 2.24) is 13.9 Å². The highest BCUT2D eigenvalue weighted by molar-refractivity contribution is 7.97. The van der Waals surface area contributed by atoms with Crippen LogP contribution in [-0.4, -0.2) is 25.6 Å². The van der Waals surface area contributed by atoms with Gasteiger partial charge in [0.05, 0.1) is 30.3 Å². The third-order valence-corrected chi connectivity index (χ3v) is 7.56. The number of amides is 1. The van der Waals surface area contributed by atoms with Crippen LogP contribution in [0.3, 0.4) is 0 Å². The summed E-state index contributed by atoms with van der Waals surface area (Å²) in [6.45, 7) is 11.4. The third kappa shape index (κ3) is 9.38. The number of fused-ring (bicyclic) bond motifs is 1. The van der Waals surface area contributed by atoms with Crippen LogP contribution >= 0.6 is 11.9 Å². The molecule has 47 heavy (non-hydrogen) atoms. The van der Waals surface area contributed by atoms with Crippen LogP contribution in [-0.2, 0) is 17.8 Å². The number of nitrogens with zero attached hydrogens (tertiary/aromatic N) is 3. The predicted octanol–water partition coefficient (Wildman–Crippen LogP) is 9.43. The maximum Gasteiger partial charge on any atom is 0.420 e. The fourth-order valence-corrected chi connectivity index (χ4v) is 5.25. The molecule has 0 aliphatic heterocycles. The Bertz CT molecular complexity index is 1880. The minimum absolute atomic E-state index is 0.177. The van der Waals surface area contributed by atoms with Crippen molar-refractivity contribution in [3.05, 3.63) is 130 Å². The van der Waals surface area contributed by atoms with E-state index in [1.807, 2.05) is 77.9 Å². The average molecular weight is 664 g/mol. The van der Waals surface area contributed by atoms with Crippen molar-refractivity contribution in [1.29, 1.82) is 0 Å². The van der Waals surface area contributed by atoms with Crippen molar-refractivity contribution < 1.29 is 27.4 Å². The van der Waals surface area contributed by atoms with Gasteiger partial charge >= 0.3 is 6.09 Å². The van der Waals surface area contributed by atoms with E-state index < -0.39 is 34.7 Å². The Kier molecular flexibility index (Phi) is 11.4. The van der Waals surface area contributed by atoms with E-state index >= 15 is 0 Å². The Morgan fingerprint density at radius 3 is 2.13 bits per heavy atom. The van der Waals surface area contributed by atoms with Crippen LogP contribution < -0.4 is 10.3 Å². The second-order valence-electron chi connectivity index (χ2n) is 11.4. The molecule has 1 aromatic heterocycles. The van der Waals surface area contributed by atoms with Crippen LogP contribution in [0, 0.1) is 24.4 Å². The van der Waals surface area contributed by atoms with E-state index in [0.717, 1.165) is 16.0 Å². The van der Waals surface area contributed by atoms with Gasteiger partial charge in [-0.25, -0.2) is 22.3 Å². The Labute approximate surface area is 276 Å². The van der Waals surface area contributed by atoms with Gasteiger partial charge in [-0.2, -0.15) is 4.98 Å². The number of halogens is 3. The fraction of sp³-hybridized carbons (Fsp3) is 0.250. The molecule has 0 fully saturated rings. The summed E-state index contributed by atoms with van der Waals surface area (Å²) < 4.78 is 56.5. The quantitative estimate of drug-likeness (QED) is 0.154. The number of rotatable bonds is 8. The van der Waals surface area contributed by atoms with Crippen LogP contribution in [0.1, 0.15) is 51.3 Å². The van der Waals surface area contributed by atoms with E-state index in [9.17, 15) is 22.8 Å². The van der Waals surface area contributed by atoms with Crippen molar-refractivity contribution in [3.8, 4) is 11.5 Å². The van der Waals surface area contributed by atoms with Gasteiger partial charge in [0, 0.05) is 22.6 Å². The summed E-state index contributed by atoms with van der Waals surface area (Å²) in [6.07, 6.45) is 0.720. The molecule has 5 rings (SSSR count). The lowest BCUT2D eigenvalue weighted by molar-refractivity contribution is 0.0396. The molecule has 0 unspecified atom stereocenters. The molecular formula is C36H36F3N3O4S. The van der Waals surface area contributed by atoms with Crippen LogP contribution in [0.2, 0.25) is 0 Å². The Balaban J connectivity index is 0.00000245. The van der Waals surface area contributed by atoms with Crippen molar-refractivity contribution in [2.45, 2.75) is 65.1 Å². The first-order chi connectivity index (χ1) is 22.3. The summed E-state index contributed by atoms with van der Waals surface area (Å²) in [5.41, 5.74) is 0.754. The molecular weight excluding hydrogens is 627 g/mol. The van der Waals surface area contributed by atoms with Crippen molar-refractivity contribution in [3.63, 3.8) is 0 Å². The highest BCUT2D eigenvalue weighted by atomic mass is 32.2. The second kappa shape index (κ2) is 15.2. The summed E-state index contributed by atoms with van der Waals surface area (Å²) in [5.74, 6) is -2.27. The lowest BCUT2D eigenvalue weighted by Gasteiger charge is -2.26. The molecule has 1 heterocycles. The van der Waals surface area contributed by atoms with Crippen LogP contribution in [0.4, 0.5) is 18.0 Å². The van der Waals surface area contributed by atoms with E-state index in [1.54, 1.807) is 28.6 Å². The van der Waals surface area contributed by atoms with E-state index in [1.165, 1.54) is 28.9 Å². The molecule has 4 aromatic carbocycles. The number of aryl methyl sites for hydroxylation is 1. The standard InChI is InChI=1S/C34H30F3N3O4S.C2H6/c1-21-5-12-26(13-6-21)45-40(33(42)44-34(2,3)4)18-22-7-9-24(10-8-22)43-25-11-14-31-27(17-25)32(41)38-20-39(31)19-28-29(36)15-23(35)16-30(28)37;1-2/h5-17,20H,18-19H2,1-4H3;1-2H3. The average Bonchev–Trinajstić information content (AvgIpc) is 3.02. The molecule has 246 valence electrons. The molecule has 0 atom stereocenters. The van der Waals surface area contributed by atoms with E-state index in [2.05, 4.69) is 4.98 Å². The normalized spacial score (nSPS) is 11.1. The SMILES string of the molecule is CC.Cc1ccc(SN(Cc2ccc(Oc3ccc4c(c3)c(=O)ncn4Cc3c(F)cc(F)cc3F)cc2)C(=O)OC(C)(C)C)cc1. The number of aromatic nitrogens is 2.